The molecule has 0 unspecified atom stereocenters. The van der Waals surface area contributed by atoms with Crippen LogP contribution in [0.4, 0.5) is 5.69 Å². The van der Waals surface area contributed by atoms with Gasteiger partial charge in [-0.3, -0.25) is 9.52 Å². The van der Waals surface area contributed by atoms with Crippen molar-refractivity contribution < 1.29 is 17.6 Å². The van der Waals surface area contributed by atoms with Crippen LogP contribution in [0.5, 0.6) is 0 Å². The first-order chi connectivity index (χ1) is 14.9. The Kier molecular flexibility index (Phi) is 5.84. The van der Waals surface area contributed by atoms with E-state index in [4.69, 9.17) is 16.0 Å². The number of hydrogen-bond donors (Lipinski definition) is 1. The van der Waals surface area contributed by atoms with Crippen molar-refractivity contribution >= 4 is 38.9 Å². The van der Waals surface area contributed by atoms with Crippen LogP contribution in [0, 0.1) is 0 Å². The third kappa shape index (κ3) is 4.65. The van der Waals surface area contributed by atoms with Gasteiger partial charge in [0.2, 0.25) is 10.0 Å². The van der Waals surface area contributed by atoms with E-state index in [2.05, 4.69) is 9.82 Å². The van der Waals surface area contributed by atoms with Crippen molar-refractivity contribution in [1.82, 2.24) is 5.01 Å². The number of carbonyl (C=O) groups is 1. The second-order valence-electron chi connectivity index (χ2n) is 7.02. The normalized spacial score (nSPS) is 16.3. The number of sulfonamides is 1. The van der Waals surface area contributed by atoms with Crippen LogP contribution < -0.4 is 4.72 Å². The Hall–Kier alpha value is -3.10. The van der Waals surface area contributed by atoms with Crippen molar-refractivity contribution in [3.8, 4) is 0 Å². The monoisotopic (exact) mass is 457 g/mol. The van der Waals surface area contributed by atoms with Crippen molar-refractivity contribution in [2.24, 2.45) is 5.10 Å². The van der Waals surface area contributed by atoms with E-state index in [0.717, 1.165) is 5.56 Å². The summed E-state index contributed by atoms with van der Waals surface area (Å²) in [7, 11) is -3.35. The number of furan rings is 1. The molecule has 0 fully saturated rings. The second-order valence-corrected chi connectivity index (χ2v) is 9.47. The van der Waals surface area contributed by atoms with E-state index in [0.29, 0.717) is 34.2 Å². The molecule has 4 rings (SSSR count). The van der Waals surface area contributed by atoms with Crippen LogP contribution in [-0.4, -0.2) is 30.8 Å². The maximum atomic E-state index is 13.2. The first-order valence-electron chi connectivity index (χ1n) is 9.67. The molecular formula is C22H20ClN3O4S. The second kappa shape index (κ2) is 8.56. The van der Waals surface area contributed by atoms with Gasteiger partial charge in [0.25, 0.3) is 5.91 Å². The Balaban J connectivity index is 1.64. The van der Waals surface area contributed by atoms with Crippen LogP contribution in [0.25, 0.3) is 0 Å². The van der Waals surface area contributed by atoms with Gasteiger partial charge in [-0.15, -0.1) is 0 Å². The van der Waals surface area contributed by atoms with Gasteiger partial charge in [-0.05, 0) is 55.0 Å². The summed E-state index contributed by atoms with van der Waals surface area (Å²) in [6, 6.07) is 16.8. The summed E-state index contributed by atoms with van der Waals surface area (Å²) >= 11 is 6.05. The minimum Gasteiger partial charge on any atom is -0.467 e. The molecule has 1 aliphatic heterocycles. The summed E-state index contributed by atoms with van der Waals surface area (Å²) in [6.07, 6.45) is 2.02. The number of nitrogens with one attached hydrogen (secondary N) is 1. The van der Waals surface area contributed by atoms with Crippen LogP contribution in [0.1, 0.15) is 41.1 Å². The number of nitrogens with zero attached hydrogens (tertiary/aromatic N) is 2. The van der Waals surface area contributed by atoms with Gasteiger partial charge in [0, 0.05) is 22.7 Å². The standard InChI is InChI=1S/C22H20ClN3O4S/c1-2-31(28,29)25-18-10-8-15(9-11-18)19-14-20(21-7-4-12-30-21)26(24-19)22(27)16-5-3-6-17(23)13-16/h3-13,20,25H,2,14H2,1H3/t20-/m1/s1. The first-order valence-corrected chi connectivity index (χ1v) is 11.7. The number of carbonyl (C=O) groups excluding carboxylic acids is 1. The van der Waals surface area contributed by atoms with Crippen molar-refractivity contribution in [2.75, 3.05) is 10.5 Å². The number of hydrogen-bond acceptors (Lipinski definition) is 5. The van der Waals surface area contributed by atoms with Gasteiger partial charge < -0.3 is 4.42 Å². The highest BCUT2D eigenvalue weighted by Gasteiger charge is 2.35. The van der Waals surface area contributed by atoms with Crippen LogP contribution in [0.15, 0.2) is 76.4 Å². The molecule has 31 heavy (non-hydrogen) atoms. The lowest BCUT2D eigenvalue weighted by Gasteiger charge is -2.20. The quantitative estimate of drug-likeness (QED) is 0.581. The summed E-state index contributed by atoms with van der Waals surface area (Å²) in [6.45, 7) is 1.57. The van der Waals surface area contributed by atoms with Gasteiger partial charge in [0.15, 0.2) is 0 Å². The SMILES string of the molecule is CCS(=O)(=O)Nc1ccc(C2=NN(C(=O)c3cccc(Cl)c3)[C@@H](c3ccco3)C2)cc1. The molecule has 1 N–H and O–H groups in total. The molecule has 0 saturated heterocycles. The lowest BCUT2D eigenvalue weighted by Crippen LogP contribution is -2.26. The van der Waals surface area contributed by atoms with E-state index in [9.17, 15) is 13.2 Å². The zero-order valence-electron chi connectivity index (χ0n) is 16.7. The number of benzene rings is 2. The molecule has 1 aromatic heterocycles. The van der Waals surface area contributed by atoms with Crippen molar-refractivity contribution in [1.29, 1.82) is 0 Å². The summed E-state index contributed by atoms with van der Waals surface area (Å²) in [5.74, 6) is 0.333. The maximum Gasteiger partial charge on any atom is 0.274 e. The molecular weight excluding hydrogens is 438 g/mol. The van der Waals surface area contributed by atoms with Crippen LogP contribution >= 0.6 is 11.6 Å². The summed E-state index contributed by atoms with van der Waals surface area (Å²) < 4.78 is 31.6. The molecule has 1 atom stereocenters. The molecule has 1 aliphatic rings. The fourth-order valence-corrected chi connectivity index (χ4v) is 4.14. The minimum absolute atomic E-state index is 0.00708. The summed E-state index contributed by atoms with van der Waals surface area (Å²) in [4.78, 5) is 13.2. The molecule has 7 nitrogen and oxygen atoms in total. The highest BCUT2D eigenvalue weighted by atomic mass is 35.5. The van der Waals surface area contributed by atoms with E-state index in [1.165, 1.54) is 5.01 Å². The van der Waals surface area contributed by atoms with E-state index in [-0.39, 0.29) is 11.7 Å². The summed E-state index contributed by atoms with van der Waals surface area (Å²) in [5.41, 5.74) is 2.39. The number of rotatable bonds is 6. The molecule has 9 heteroatoms. The van der Waals surface area contributed by atoms with Crippen LogP contribution in [-0.2, 0) is 10.0 Å². The Labute approximate surface area is 185 Å². The van der Waals surface area contributed by atoms with Gasteiger partial charge in [-0.1, -0.05) is 29.8 Å². The zero-order valence-corrected chi connectivity index (χ0v) is 18.2. The molecule has 160 valence electrons. The van der Waals surface area contributed by atoms with Gasteiger partial charge >= 0.3 is 0 Å². The van der Waals surface area contributed by atoms with Gasteiger partial charge in [-0.2, -0.15) is 5.10 Å². The highest BCUT2D eigenvalue weighted by Crippen LogP contribution is 2.34. The molecule has 0 spiro atoms. The molecule has 0 radical (unpaired) electrons. The number of halogens is 1. The van der Waals surface area contributed by atoms with Gasteiger partial charge in [0.1, 0.15) is 11.8 Å². The lowest BCUT2D eigenvalue weighted by molar-refractivity contribution is 0.0693. The average molecular weight is 458 g/mol. The van der Waals surface area contributed by atoms with Crippen LogP contribution in [0.2, 0.25) is 5.02 Å². The predicted molar refractivity (Wildman–Crippen MR) is 120 cm³/mol. The van der Waals surface area contributed by atoms with Crippen LogP contribution in [0.3, 0.4) is 0 Å². The van der Waals surface area contributed by atoms with E-state index < -0.39 is 16.1 Å². The minimum atomic E-state index is -3.35. The topological polar surface area (TPSA) is 92.0 Å². The third-order valence-electron chi connectivity index (χ3n) is 4.93. The zero-order chi connectivity index (χ0) is 22.0. The van der Waals surface area contributed by atoms with Crippen molar-refractivity contribution in [2.45, 2.75) is 19.4 Å². The Morgan fingerprint density at radius 3 is 2.61 bits per heavy atom. The number of anilines is 1. The molecule has 2 heterocycles. The fourth-order valence-electron chi connectivity index (χ4n) is 3.31. The Bertz CT molecular complexity index is 1220. The number of amides is 1. The lowest BCUT2D eigenvalue weighted by atomic mass is 10.0. The summed E-state index contributed by atoms with van der Waals surface area (Å²) in [5, 5.41) is 6.46. The maximum absolute atomic E-state index is 13.2. The molecule has 1 amide bonds. The van der Waals surface area contributed by atoms with Gasteiger partial charge in [0.05, 0.1) is 17.7 Å². The third-order valence-corrected chi connectivity index (χ3v) is 6.48. The fraction of sp³-hybridized carbons (Fsp3) is 0.182. The van der Waals surface area contributed by atoms with Crippen molar-refractivity contribution in [3.63, 3.8) is 0 Å². The predicted octanol–water partition coefficient (Wildman–Crippen LogP) is 4.69. The Morgan fingerprint density at radius 1 is 1.19 bits per heavy atom. The molecule has 3 aromatic rings. The van der Waals surface area contributed by atoms with E-state index in [1.54, 1.807) is 67.8 Å². The van der Waals surface area contributed by atoms with Gasteiger partial charge in [-0.25, -0.2) is 13.4 Å². The molecule has 0 aliphatic carbocycles. The van der Waals surface area contributed by atoms with Crippen molar-refractivity contribution in [3.05, 3.63) is 88.8 Å². The molecule has 0 saturated carbocycles. The molecule has 0 bridgehead atoms. The highest BCUT2D eigenvalue weighted by molar-refractivity contribution is 7.92. The smallest absolute Gasteiger partial charge is 0.274 e. The molecule has 2 aromatic carbocycles. The Morgan fingerprint density at radius 2 is 1.97 bits per heavy atom. The average Bonchev–Trinajstić information content (AvgIpc) is 3.43. The van der Waals surface area contributed by atoms with E-state index >= 15 is 0 Å². The number of hydrazone groups is 1. The first kappa shape index (κ1) is 21.1. The van der Waals surface area contributed by atoms with E-state index in [1.807, 2.05) is 6.07 Å². The largest absolute Gasteiger partial charge is 0.467 e.